The molecule has 62 valence electrons. The monoisotopic (exact) mass is 165 g/mol. The summed E-state index contributed by atoms with van der Waals surface area (Å²) in [5.74, 6) is 0.475. The first-order chi connectivity index (χ1) is 5.74. The molecule has 0 bridgehead atoms. The van der Waals surface area contributed by atoms with E-state index in [0.717, 1.165) is 0 Å². The second-order valence-corrected chi connectivity index (χ2v) is 2.02. The summed E-state index contributed by atoms with van der Waals surface area (Å²) in [6.07, 6.45) is 2.76. The van der Waals surface area contributed by atoms with E-state index in [0.29, 0.717) is 5.82 Å². The van der Waals surface area contributed by atoms with Gasteiger partial charge < -0.3 is 0 Å². The van der Waals surface area contributed by atoms with Crippen molar-refractivity contribution >= 4 is 17.7 Å². The number of nitro groups is 1. The predicted molar refractivity (Wildman–Crippen MR) is 44.7 cm³/mol. The highest BCUT2D eigenvalue weighted by molar-refractivity contribution is 5.58. The van der Waals surface area contributed by atoms with Crippen LogP contribution in [0, 0.1) is 10.1 Å². The van der Waals surface area contributed by atoms with Crippen molar-refractivity contribution in [3.05, 3.63) is 28.4 Å². The molecule has 1 heterocycles. The maximum absolute atomic E-state index is 10.2. The summed E-state index contributed by atoms with van der Waals surface area (Å²) in [5, 5.41) is 10.2. The number of hydrogen-bond acceptors (Lipinski definition) is 4. The lowest BCUT2D eigenvalue weighted by molar-refractivity contribution is -0.385. The molecule has 0 aliphatic rings. The lowest BCUT2D eigenvalue weighted by Crippen LogP contribution is -1.87. The van der Waals surface area contributed by atoms with Crippen molar-refractivity contribution in [1.82, 2.24) is 4.98 Å². The Morgan fingerprint density at radius 2 is 2.42 bits per heavy atom. The molecule has 0 amide bonds. The minimum absolute atomic E-state index is 0.0231. The van der Waals surface area contributed by atoms with Gasteiger partial charge in [0.25, 0.3) is 5.69 Å². The first-order valence-electron chi connectivity index (χ1n) is 3.33. The molecule has 0 N–H and O–H groups in total. The second kappa shape index (κ2) is 3.56. The van der Waals surface area contributed by atoms with Gasteiger partial charge in [-0.2, -0.15) is 0 Å². The van der Waals surface area contributed by atoms with Crippen LogP contribution in [0.4, 0.5) is 11.5 Å². The zero-order chi connectivity index (χ0) is 8.97. The van der Waals surface area contributed by atoms with Crippen molar-refractivity contribution in [2.75, 3.05) is 0 Å². The summed E-state index contributed by atoms with van der Waals surface area (Å²) in [7, 11) is 0. The number of aliphatic imine (C=N–C) groups is 1. The van der Waals surface area contributed by atoms with Crippen LogP contribution < -0.4 is 0 Å². The molecular weight excluding hydrogens is 158 g/mol. The number of nitrogens with zero attached hydrogens (tertiary/aromatic N) is 3. The van der Waals surface area contributed by atoms with E-state index in [4.69, 9.17) is 0 Å². The van der Waals surface area contributed by atoms with E-state index in [1.807, 2.05) is 0 Å². The Morgan fingerprint density at radius 3 is 2.83 bits per heavy atom. The van der Waals surface area contributed by atoms with Crippen molar-refractivity contribution in [1.29, 1.82) is 0 Å². The highest BCUT2D eigenvalue weighted by atomic mass is 16.6. The maximum atomic E-state index is 10.2. The number of rotatable bonds is 2. The number of aromatic nitrogens is 1. The molecular formula is C7H7N3O2. The standard InChI is InChI=1S/C7H7N3O2/c1-2-8-7-4-3-6(5-9-7)10(11)12/h2-5H,1H3. The van der Waals surface area contributed by atoms with Crippen LogP contribution in [0.3, 0.4) is 0 Å². The molecule has 0 saturated heterocycles. The van der Waals surface area contributed by atoms with Gasteiger partial charge in [-0.05, 0) is 13.0 Å². The van der Waals surface area contributed by atoms with E-state index in [1.165, 1.54) is 18.3 Å². The predicted octanol–water partition coefficient (Wildman–Crippen LogP) is 1.71. The Balaban J connectivity index is 2.93. The molecule has 5 nitrogen and oxygen atoms in total. The molecule has 0 spiro atoms. The van der Waals surface area contributed by atoms with E-state index in [-0.39, 0.29) is 5.69 Å². The van der Waals surface area contributed by atoms with Gasteiger partial charge in [0.1, 0.15) is 6.20 Å². The van der Waals surface area contributed by atoms with Crippen LogP contribution in [-0.2, 0) is 0 Å². The summed E-state index contributed by atoms with van der Waals surface area (Å²) in [6.45, 7) is 1.75. The van der Waals surface area contributed by atoms with Crippen LogP contribution in [0.2, 0.25) is 0 Å². The molecule has 0 aromatic carbocycles. The van der Waals surface area contributed by atoms with E-state index in [2.05, 4.69) is 9.98 Å². The number of pyridine rings is 1. The van der Waals surface area contributed by atoms with E-state index in [1.54, 1.807) is 13.1 Å². The highest BCUT2D eigenvalue weighted by Crippen LogP contribution is 2.13. The third-order valence-corrected chi connectivity index (χ3v) is 1.20. The van der Waals surface area contributed by atoms with Gasteiger partial charge in [-0.1, -0.05) is 0 Å². The normalized spacial score (nSPS) is 10.4. The molecule has 1 aromatic rings. The fourth-order valence-electron chi connectivity index (χ4n) is 0.695. The first kappa shape index (κ1) is 8.32. The number of hydrogen-bond donors (Lipinski definition) is 0. The molecule has 0 fully saturated rings. The summed E-state index contributed by atoms with van der Waals surface area (Å²) < 4.78 is 0. The van der Waals surface area contributed by atoms with Crippen LogP contribution in [0.25, 0.3) is 0 Å². The third kappa shape index (κ3) is 1.85. The molecule has 0 aliphatic carbocycles. The Morgan fingerprint density at radius 1 is 1.67 bits per heavy atom. The van der Waals surface area contributed by atoms with Gasteiger partial charge in [0, 0.05) is 12.3 Å². The molecule has 1 rings (SSSR count). The van der Waals surface area contributed by atoms with Crippen LogP contribution in [0.1, 0.15) is 6.92 Å². The van der Waals surface area contributed by atoms with Gasteiger partial charge in [-0.25, -0.2) is 9.98 Å². The summed E-state index contributed by atoms with van der Waals surface area (Å²) in [4.78, 5) is 17.3. The molecule has 1 aromatic heterocycles. The fourth-order valence-corrected chi connectivity index (χ4v) is 0.695. The highest BCUT2D eigenvalue weighted by Gasteiger charge is 2.03. The lowest BCUT2D eigenvalue weighted by atomic mass is 10.4. The summed E-state index contributed by atoms with van der Waals surface area (Å²) in [5.41, 5.74) is -0.0231. The van der Waals surface area contributed by atoms with Crippen molar-refractivity contribution < 1.29 is 4.92 Å². The van der Waals surface area contributed by atoms with E-state index in [9.17, 15) is 10.1 Å². The molecule has 0 saturated carbocycles. The Labute approximate surface area is 68.9 Å². The van der Waals surface area contributed by atoms with Crippen LogP contribution >= 0.6 is 0 Å². The third-order valence-electron chi connectivity index (χ3n) is 1.20. The largest absolute Gasteiger partial charge is 0.287 e. The topological polar surface area (TPSA) is 68.4 Å². The molecule has 12 heavy (non-hydrogen) atoms. The zero-order valence-corrected chi connectivity index (χ0v) is 6.47. The quantitative estimate of drug-likeness (QED) is 0.380. The summed E-state index contributed by atoms with van der Waals surface area (Å²) in [6, 6.07) is 2.87. The minimum Gasteiger partial charge on any atom is -0.258 e. The van der Waals surface area contributed by atoms with Crippen LogP contribution in [-0.4, -0.2) is 16.1 Å². The summed E-state index contributed by atoms with van der Waals surface area (Å²) >= 11 is 0. The maximum Gasteiger partial charge on any atom is 0.287 e. The van der Waals surface area contributed by atoms with Crippen molar-refractivity contribution in [3.63, 3.8) is 0 Å². The van der Waals surface area contributed by atoms with Gasteiger partial charge >= 0.3 is 0 Å². The van der Waals surface area contributed by atoms with Crippen molar-refractivity contribution in [2.24, 2.45) is 4.99 Å². The average Bonchev–Trinajstić information content (AvgIpc) is 2.06. The van der Waals surface area contributed by atoms with Gasteiger partial charge in [-0.3, -0.25) is 10.1 Å². The smallest absolute Gasteiger partial charge is 0.258 e. The van der Waals surface area contributed by atoms with E-state index < -0.39 is 4.92 Å². The molecule has 0 unspecified atom stereocenters. The molecule has 0 aliphatic heterocycles. The molecule has 5 heteroatoms. The van der Waals surface area contributed by atoms with E-state index >= 15 is 0 Å². The fraction of sp³-hybridized carbons (Fsp3) is 0.143. The lowest BCUT2D eigenvalue weighted by Gasteiger charge is -1.90. The van der Waals surface area contributed by atoms with Gasteiger partial charge in [0.05, 0.1) is 4.92 Å². The Kier molecular flexibility index (Phi) is 2.47. The molecule has 0 atom stereocenters. The van der Waals surface area contributed by atoms with Gasteiger partial charge in [-0.15, -0.1) is 0 Å². The van der Waals surface area contributed by atoms with Crippen molar-refractivity contribution in [3.8, 4) is 0 Å². The second-order valence-electron chi connectivity index (χ2n) is 2.02. The minimum atomic E-state index is -0.494. The zero-order valence-electron chi connectivity index (χ0n) is 6.47. The Bertz CT molecular complexity index is 305. The SMILES string of the molecule is CC=Nc1ccc([N+](=O)[O-])cn1. The Hall–Kier alpha value is -1.78. The van der Waals surface area contributed by atoms with Crippen molar-refractivity contribution in [2.45, 2.75) is 6.92 Å². The average molecular weight is 165 g/mol. The van der Waals surface area contributed by atoms with Gasteiger partial charge in [0.2, 0.25) is 0 Å². The van der Waals surface area contributed by atoms with Gasteiger partial charge in [0.15, 0.2) is 5.82 Å². The molecule has 0 radical (unpaired) electrons. The van der Waals surface area contributed by atoms with Crippen LogP contribution in [0.5, 0.6) is 0 Å². The first-order valence-corrected chi connectivity index (χ1v) is 3.33. The van der Waals surface area contributed by atoms with Crippen LogP contribution in [0.15, 0.2) is 23.3 Å².